The molecule has 0 aromatic carbocycles. The first kappa shape index (κ1) is 46.4. The van der Waals surface area contributed by atoms with Crippen molar-refractivity contribution in [2.75, 3.05) is 6.54 Å². The summed E-state index contributed by atoms with van der Waals surface area (Å²) in [6.45, 7) is 23.5. The minimum atomic E-state index is -0.107. The molecule has 0 bridgehead atoms. The van der Waals surface area contributed by atoms with Crippen LogP contribution in [0.5, 0.6) is 0 Å². The monoisotopic (exact) mass is 897 g/mol. The van der Waals surface area contributed by atoms with Gasteiger partial charge in [-0.25, -0.2) is 0 Å². The first-order valence-corrected chi connectivity index (χ1v) is 27.8. The second-order valence-electron chi connectivity index (χ2n) is 26.6. The second kappa shape index (κ2) is 16.6. The molecule has 3 N–H and O–H groups in total. The zero-order valence-corrected chi connectivity index (χ0v) is 42.2. The zero-order chi connectivity index (χ0) is 45.6. The van der Waals surface area contributed by atoms with Crippen LogP contribution < -0.4 is 5.32 Å². The summed E-state index contributed by atoms with van der Waals surface area (Å²) in [5.41, 5.74) is 8.52. The van der Waals surface area contributed by atoms with E-state index < -0.39 is 0 Å². The van der Waals surface area contributed by atoms with E-state index in [9.17, 15) is 10.2 Å². The van der Waals surface area contributed by atoms with Gasteiger partial charge in [-0.3, -0.25) is 0 Å². The minimum Gasteiger partial charge on any atom is -0.393 e. The van der Waals surface area contributed by atoms with E-state index in [-0.39, 0.29) is 30.8 Å². The quantitative estimate of drug-likeness (QED) is 0.211. The minimum absolute atomic E-state index is 0. The van der Waals surface area contributed by atoms with Crippen molar-refractivity contribution in [3.05, 3.63) is 34.4 Å². The molecule has 13 aliphatic rings. The molecule has 65 heavy (non-hydrogen) atoms. The lowest BCUT2D eigenvalue weighted by Crippen LogP contribution is -2.50. The molecule has 2 unspecified atom stereocenters. The Kier molecular flexibility index (Phi) is 11.8. The van der Waals surface area contributed by atoms with Gasteiger partial charge in [-0.2, -0.15) is 0 Å². The SMILES string of the molecule is C.CC1=C2C[C@H]3[C@@H](CC=C4C[C@@H](O)CC[C@@]43C)[C@@H]2CC[C@@]2(C1)O[C@@H]1C[C@H](C)CN[C@H]1[C@H]2C.C[C@@H]1CC[C@H]2[C@@H](C)[C@@]3(CC[C@H]4[C@@H]5CC=C6C[C@@H](O)CC[C@]6(C)[C@H]5CC45CC53C)O[C@@H]2C1.[2H]CC. The highest BCUT2D eigenvalue weighted by Crippen LogP contribution is 2.87. The molecule has 22 atom stereocenters. The Hall–Kier alpha value is -0.980. The van der Waals surface area contributed by atoms with Gasteiger partial charge in [0.05, 0.1) is 35.6 Å². The summed E-state index contributed by atoms with van der Waals surface area (Å²) in [6, 6.07) is 0.549. The Morgan fingerprint density at radius 3 is 2.08 bits per heavy atom. The van der Waals surface area contributed by atoms with Crippen molar-refractivity contribution in [2.24, 2.45) is 86.8 Å². The molecule has 3 spiro atoms. The number of allylic oxidation sites excluding steroid dienone is 3. The van der Waals surface area contributed by atoms with Crippen LogP contribution in [0.15, 0.2) is 34.4 Å². The third-order valence-electron chi connectivity index (χ3n) is 24.3. The molecule has 10 aliphatic carbocycles. The normalized spacial score (nSPS) is 56.6. The van der Waals surface area contributed by atoms with Crippen LogP contribution in [0.25, 0.3) is 0 Å². The molecule has 13 rings (SSSR count). The maximum atomic E-state index is 10.3. The van der Waals surface area contributed by atoms with Crippen molar-refractivity contribution in [1.29, 1.82) is 0 Å². The topological polar surface area (TPSA) is 71.0 Å². The molecular weight excluding hydrogens is 799 g/mol. The second-order valence-corrected chi connectivity index (χ2v) is 26.6. The lowest BCUT2D eigenvalue weighted by molar-refractivity contribution is -0.147. The fourth-order valence-corrected chi connectivity index (χ4v) is 20.7. The number of ether oxygens (including phenoxy) is 2. The van der Waals surface area contributed by atoms with E-state index in [0.717, 1.165) is 97.8 Å². The predicted molar refractivity (Wildman–Crippen MR) is 266 cm³/mol. The number of aliphatic hydroxyl groups excluding tert-OH is 2. The standard InChI is InChI=1S/C29H44O2.C28H43NO2.C2H6.CH4/c1-17-5-7-21-18(2)29(31-25(21)13-17)12-10-23-22-8-6-19-14-20(30)9-11-26(19,3)24(22)15-28(23)16-27(28,29)4;1-16-11-25-26(29-15-16)18(3)28(31-25)10-8-21-22-6-5-19-12-20(30)7-9-27(19,4)24(22)13-23(21)17(2)14-28;1-2;/h6,17-18,20-25,30H,5,7-16H2,1-4H3;5,16,18,20-22,24-26,29-30H,6-15H2,1-4H3;1-2H3;1H4/t17-,18-,20+,21+,22+,23+,24+,25-,26+,27?,28?,29-;16-,18+,20-,21-,22-,24-,25+,26-,27-,28-;;/m10../s1/i;;1D;. The molecule has 5 heteroatoms. The molecule has 0 amide bonds. The highest BCUT2D eigenvalue weighted by atomic mass is 16.5. The Balaban J connectivity index is 0.000000144. The van der Waals surface area contributed by atoms with E-state index in [4.69, 9.17) is 10.8 Å². The molecule has 5 nitrogen and oxygen atoms in total. The van der Waals surface area contributed by atoms with E-state index >= 15 is 0 Å². The third kappa shape index (κ3) is 6.71. The maximum absolute atomic E-state index is 10.3. The van der Waals surface area contributed by atoms with Crippen molar-refractivity contribution in [3.8, 4) is 0 Å². The van der Waals surface area contributed by atoms with Gasteiger partial charge in [-0.05, 0) is 211 Å². The summed E-state index contributed by atoms with van der Waals surface area (Å²) in [4.78, 5) is 0. The van der Waals surface area contributed by atoms with Crippen molar-refractivity contribution in [2.45, 2.75) is 247 Å². The fourth-order valence-electron chi connectivity index (χ4n) is 20.7. The van der Waals surface area contributed by atoms with Crippen LogP contribution in [0.3, 0.4) is 0 Å². The lowest BCUT2D eigenvalue weighted by Gasteiger charge is -2.50. The highest BCUT2D eigenvalue weighted by Gasteiger charge is 2.84. The molecule has 366 valence electrons. The van der Waals surface area contributed by atoms with Gasteiger partial charge < -0.3 is 25.0 Å². The van der Waals surface area contributed by atoms with Crippen LogP contribution >= 0.6 is 0 Å². The molecule has 3 saturated heterocycles. The number of hydrogen-bond donors (Lipinski definition) is 3. The molecule has 0 aromatic heterocycles. The number of fused-ring (bicyclic) bond motifs is 12. The van der Waals surface area contributed by atoms with Crippen molar-refractivity contribution in [1.82, 2.24) is 5.32 Å². The predicted octanol–water partition coefficient (Wildman–Crippen LogP) is 13.6. The number of nitrogens with one attached hydrogen (secondary N) is 1. The number of rotatable bonds is 0. The van der Waals surface area contributed by atoms with Crippen LogP contribution in [-0.2, 0) is 9.47 Å². The molecule has 0 radical (unpaired) electrons. The van der Waals surface area contributed by atoms with Crippen LogP contribution in [0.1, 0.15) is 206 Å². The molecule has 0 aromatic rings. The van der Waals surface area contributed by atoms with E-state index in [1.54, 1.807) is 29.2 Å². The maximum Gasteiger partial charge on any atom is 0.0774 e. The van der Waals surface area contributed by atoms with Gasteiger partial charge in [0.2, 0.25) is 0 Å². The number of piperidine rings is 1. The zero-order valence-electron chi connectivity index (χ0n) is 43.2. The fraction of sp³-hybridized carbons (Fsp3) is 0.900. The summed E-state index contributed by atoms with van der Waals surface area (Å²) in [5.74, 6) is 8.76. The van der Waals surface area contributed by atoms with Crippen LogP contribution in [0, 0.1) is 86.8 Å². The lowest BCUT2D eigenvalue weighted by atomic mass is 9.56. The smallest absolute Gasteiger partial charge is 0.0774 e. The van der Waals surface area contributed by atoms with Gasteiger partial charge in [0, 0.05) is 18.7 Å². The summed E-state index contributed by atoms with van der Waals surface area (Å²) in [7, 11) is 0. The Morgan fingerprint density at radius 2 is 1.37 bits per heavy atom. The van der Waals surface area contributed by atoms with Gasteiger partial charge in [0.1, 0.15) is 0 Å². The summed E-state index contributed by atoms with van der Waals surface area (Å²) in [6.07, 6.45) is 30.7. The molecule has 3 heterocycles. The van der Waals surface area contributed by atoms with Gasteiger partial charge in [0.25, 0.3) is 0 Å². The van der Waals surface area contributed by atoms with Crippen molar-refractivity contribution < 1.29 is 21.1 Å². The van der Waals surface area contributed by atoms with Gasteiger partial charge in [-0.15, -0.1) is 0 Å². The number of hydrogen-bond acceptors (Lipinski definition) is 5. The van der Waals surface area contributed by atoms with Gasteiger partial charge >= 0.3 is 0 Å². The molecule has 10 fully saturated rings. The average Bonchev–Trinajstić information content (AvgIpc) is 3.50. The van der Waals surface area contributed by atoms with E-state index in [2.05, 4.69) is 72.9 Å². The molecular formula is C60H97NO4. The van der Waals surface area contributed by atoms with Crippen LogP contribution in [-0.4, -0.2) is 58.4 Å². The molecule has 7 saturated carbocycles. The van der Waals surface area contributed by atoms with Crippen molar-refractivity contribution >= 4 is 0 Å². The summed E-state index contributed by atoms with van der Waals surface area (Å²) < 4.78 is 20.5. The largest absolute Gasteiger partial charge is 0.393 e. The Bertz CT molecular complexity index is 1940. The molecule has 3 aliphatic heterocycles. The Morgan fingerprint density at radius 1 is 0.708 bits per heavy atom. The van der Waals surface area contributed by atoms with Crippen LogP contribution in [0.4, 0.5) is 0 Å². The average molecular weight is 897 g/mol. The summed E-state index contributed by atoms with van der Waals surface area (Å²) >= 11 is 0. The Labute approximate surface area is 399 Å². The van der Waals surface area contributed by atoms with E-state index in [1.165, 1.54) is 96.3 Å². The first-order valence-electron chi connectivity index (χ1n) is 28.5. The first-order chi connectivity index (χ1) is 31.0. The van der Waals surface area contributed by atoms with Gasteiger partial charge in [-0.1, -0.05) is 111 Å². The number of aliphatic hydroxyl groups is 2. The van der Waals surface area contributed by atoms with Crippen molar-refractivity contribution in [3.63, 3.8) is 0 Å². The van der Waals surface area contributed by atoms with Crippen LogP contribution in [0.2, 0.25) is 0 Å². The van der Waals surface area contributed by atoms with E-state index in [1.807, 2.05) is 0 Å². The van der Waals surface area contributed by atoms with Gasteiger partial charge in [0.15, 0.2) is 0 Å². The van der Waals surface area contributed by atoms with E-state index in [0.29, 0.717) is 52.7 Å². The summed E-state index contributed by atoms with van der Waals surface area (Å²) in [5, 5.41) is 24.5. The third-order valence-corrected chi connectivity index (χ3v) is 24.3. The highest BCUT2D eigenvalue weighted by molar-refractivity contribution is 5.37.